The molecule has 1 unspecified atom stereocenters. The number of aromatic nitrogens is 1. The van der Waals surface area contributed by atoms with Crippen molar-refractivity contribution in [2.24, 2.45) is 0 Å². The molecular weight excluding hydrogens is 406 g/mol. The molecule has 1 aromatic carbocycles. The molecule has 1 aromatic heterocycles. The maximum atomic E-state index is 12.9. The Labute approximate surface area is 168 Å². The van der Waals surface area contributed by atoms with Crippen LogP contribution in [0.25, 0.3) is 0 Å². The minimum Gasteiger partial charge on any atom is -0.381 e. The monoisotopic (exact) mass is 427 g/mol. The van der Waals surface area contributed by atoms with E-state index in [-0.39, 0.29) is 9.92 Å². The second kappa shape index (κ2) is 7.64. The van der Waals surface area contributed by atoms with Crippen LogP contribution in [-0.2, 0) is 26.0 Å². The number of hydrogen-bond donors (Lipinski definition) is 2. The fourth-order valence-electron chi connectivity index (χ4n) is 3.67. The summed E-state index contributed by atoms with van der Waals surface area (Å²) in [4.78, 5) is 0.0286. The average Bonchev–Trinajstić information content (AvgIpc) is 3.37. The smallest absolute Gasteiger partial charge is 0.242 e. The quantitative estimate of drug-likeness (QED) is 0.730. The van der Waals surface area contributed by atoms with Gasteiger partial charge in [0.2, 0.25) is 10.0 Å². The minimum absolute atomic E-state index is 0.0286. The van der Waals surface area contributed by atoms with E-state index in [2.05, 4.69) is 15.2 Å². The van der Waals surface area contributed by atoms with E-state index in [1.807, 2.05) is 6.92 Å². The molecule has 1 atom stereocenters. The number of ether oxygens (including phenoxy) is 2. The molecule has 2 heterocycles. The lowest BCUT2D eigenvalue weighted by molar-refractivity contribution is -0.162. The van der Waals surface area contributed by atoms with Gasteiger partial charge in [-0.15, -0.1) is 0 Å². The van der Waals surface area contributed by atoms with E-state index >= 15 is 0 Å². The van der Waals surface area contributed by atoms with Crippen LogP contribution < -0.4 is 10.0 Å². The molecule has 0 amide bonds. The summed E-state index contributed by atoms with van der Waals surface area (Å²) in [7, 11) is -3.81. The van der Waals surface area contributed by atoms with Gasteiger partial charge in [-0.25, -0.2) is 13.1 Å². The summed E-state index contributed by atoms with van der Waals surface area (Å²) in [5.41, 5.74) is 2.41. The van der Waals surface area contributed by atoms with Crippen molar-refractivity contribution in [3.63, 3.8) is 0 Å². The standard InChI is InChI=1S/C18H22ClN3O5S/c1-12-13(11-27-21-12)10-20-14-4-5-16(15(19)9-14)28(23,24)22-17-3-2-6-18(17)25-7-8-26-18/h4-5,9,11,17,20,22H,2-3,6-8,10H2,1H3. The summed E-state index contributed by atoms with van der Waals surface area (Å²) in [6, 6.07) is 4.33. The number of aryl methyl sites for hydroxylation is 1. The zero-order chi connectivity index (χ0) is 19.8. The predicted molar refractivity (Wildman–Crippen MR) is 103 cm³/mol. The van der Waals surface area contributed by atoms with Gasteiger partial charge >= 0.3 is 0 Å². The van der Waals surface area contributed by atoms with Gasteiger partial charge in [0, 0.05) is 24.2 Å². The summed E-state index contributed by atoms with van der Waals surface area (Å²) in [5, 5.41) is 7.14. The van der Waals surface area contributed by atoms with Gasteiger partial charge in [0.05, 0.1) is 30.0 Å². The number of benzene rings is 1. The number of anilines is 1. The summed E-state index contributed by atoms with van der Waals surface area (Å²) in [6.07, 6.45) is 3.75. The van der Waals surface area contributed by atoms with E-state index in [1.54, 1.807) is 18.4 Å². The molecule has 10 heteroatoms. The molecule has 2 fully saturated rings. The van der Waals surface area contributed by atoms with Crippen LogP contribution in [-0.4, -0.2) is 38.6 Å². The molecule has 2 N–H and O–H groups in total. The van der Waals surface area contributed by atoms with E-state index in [1.165, 1.54) is 6.07 Å². The Morgan fingerprint density at radius 1 is 1.32 bits per heavy atom. The number of nitrogens with zero attached hydrogens (tertiary/aromatic N) is 1. The molecule has 1 saturated carbocycles. The fourth-order valence-corrected chi connectivity index (χ4v) is 5.52. The van der Waals surface area contributed by atoms with Crippen LogP contribution in [0.3, 0.4) is 0 Å². The molecule has 0 radical (unpaired) electrons. The van der Waals surface area contributed by atoms with Crippen LogP contribution in [0, 0.1) is 6.92 Å². The summed E-state index contributed by atoms with van der Waals surface area (Å²) in [6.45, 7) is 3.30. The van der Waals surface area contributed by atoms with Crippen molar-refractivity contribution in [1.82, 2.24) is 9.88 Å². The van der Waals surface area contributed by atoms with Crippen molar-refractivity contribution in [2.45, 2.75) is 49.5 Å². The van der Waals surface area contributed by atoms with Crippen LogP contribution in [0.4, 0.5) is 5.69 Å². The SMILES string of the molecule is Cc1nocc1CNc1ccc(S(=O)(=O)NC2CCCC23OCCO3)c(Cl)c1. The van der Waals surface area contributed by atoms with Gasteiger partial charge in [0.1, 0.15) is 11.2 Å². The number of hydrogen-bond acceptors (Lipinski definition) is 7. The Hall–Kier alpha value is -1.65. The topological polar surface area (TPSA) is 103 Å². The van der Waals surface area contributed by atoms with Crippen LogP contribution >= 0.6 is 11.6 Å². The first-order chi connectivity index (χ1) is 13.4. The largest absolute Gasteiger partial charge is 0.381 e. The van der Waals surface area contributed by atoms with Gasteiger partial charge in [-0.1, -0.05) is 16.8 Å². The lowest BCUT2D eigenvalue weighted by atomic mass is 10.2. The molecule has 1 aliphatic heterocycles. The third-order valence-electron chi connectivity index (χ3n) is 5.18. The number of nitrogens with one attached hydrogen (secondary N) is 2. The average molecular weight is 428 g/mol. The molecule has 28 heavy (non-hydrogen) atoms. The maximum Gasteiger partial charge on any atom is 0.242 e. The van der Waals surface area contributed by atoms with Crippen molar-refractivity contribution in [3.05, 3.63) is 40.7 Å². The Bertz CT molecular complexity index is 950. The molecule has 152 valence electrons. The summed E-state index contributed by atoms with van der Waals surface area (Å²) in [5.74, 6) is -0.850. The Balaban J connectivity index is 1.48. The molecule has 1 aliphatic carbocycles. The van der Waals surface area contributed by atoms with Crippen molar-refractivity contribution in [2.75, 3.05) is 18.5 Å². The molecule has 2 aliphatic rings. The van der Waals surface area contributed by atoms with Gasteiger partial charge in [0.15, 0.2) is 5.79 Å². The molecule has 8 nitrogen and oxygen atoms in total. The van der Waals surface area contributed by atoms with Crippen LogP contribution in [0.15, 0.2) is 33.9 Å². The van der Waals surface area contributed by atoms with Gasteiger partial charge in [0.25, 0.3) is 0 Å². The highest BCUT2D eigenvalue weighted by Gasteiger charge is 2.49. The highest BCUT2D eigenvalue weighted by Crippen LogP contribution is 2.38. The van der Waals surface area contributed by atoms with Crippen molar-refractivity contribution < 1.29 is 22.4 Å². The fraction of sp³-hybridized carbons (Fsp3) is 0.500. The normalized spacial score (nSPS) is 21.4. The Morgan fingerprint density at radius 2 is 2.11 bits per heavy atom. The first-order valence-corrected chi connectivity index (χ1v) is 11.0. The first-order valence-electron chi connectivity index (χ1n) is 9.13. The van der Waals surface area contributed by atoms with Crippen molar-refractivity contribution in [1.29, 1.82) is 0 Å². The third-order valence-corrected chi connectivity index (χ3v) is 7.13. The predicted octanol–water partition coefficient (Wildman–Crippen LogP) is 2.82. The summed E-state index contributed by atoms with van der Waals surface area (Å²) >= 11 is 6.29. The molecule has 2 aromatic rings. The van der Waals surface area contributed by atoms with Crippen molar-refractivity contribution >= 4 is 27.3 Å². The van der Waals surface area contributed by atoms with Crippen molar-refractivity contribution in [3.8, 4) is 0 Å². The number of rotatable bonds is 6. The lowest BCUT2D eigenvalue weighted by Gasteiger charge is -2.29. The minimum atomic E-state index is -3.81. The zero-order valence-corrected chi connectivity index (χ0v) is 17.0. The lowest BCUT2D eigenvalue weighted by Crippen LogP contribution is -2.49. The van der Waals surface area contributed by atoms with E-state index in [0.717, 1.165) is 17.7 Å². The maximum absolute atomic E-state index is 12.9. The van der Waals surface area contributed by atoms with Gasteiger partial charge in [-0.2, -0.15) is 0 Å². The van der Waals surface area contributed by atoms with Crippen LogP contribution in [0.5, 0.6) is 0 Å². The van der Waals surface area contributed by atoms with E-state index in [4.69, 9.17) is 25.6 Å². The van der Waals surface area contributed by atoms with Crippen LogP contribution in [0.2, 0.25) is 5.02 Å². The van der Waals surface area contributed by atoms with E-state index < -0.39 is 21.9 Å². The summed E-state index contributed by atoms with van der Waals surface area (Å²) < 4.78 is 44.9. The first kappa shape index (κ1) is 19.7. The van der Waals surface area contributed by atoms with E-state index in [0.29, 0.717) is 38.3 Å². The second-order valence-electron chi connectivity index (χ2n) is 7.00. The number of sulfonamides is 1. The van der Waals surface area contributed by atoms with Gasteiger partial charge in [-0.05, 0) is 38.0 Å². The van der Waals surface area contributed by atoms with Crippen LogP contribution in [0.1, 0.15) is 30.5 Å². The molecule has 1 saturated heterocycles. The number of halogens is 1. The molecule has 1 spiro atoms. The Morgan fingerprint density at radius 3 is 2.79 bits per heavy atom. The molecule has 0 bridgehead atoms. The molecule has 4 rings (SSSR count). The van der Waals surface area contributed by atoms with Gasteiger partial charge in [-0.3, -0.25) is 0 Å². The highest BCUT2D eigenvalue weighted by atomic mass is 35.5. The molecular formula is C18H22ClN3O5S. The van der Waals surface area contributed by atoms with Gasteiger partial charge < -0.3 is 19.3 Å². The highest BCUT2D eigenvalue weighted by molar-refractivity contribution is 7.89. The third kappa shape index (κ3) is 3.77. The Kier molecular flexibility index (Phi) is 5.36. The zero-order valence-electron chi connectivity index (χ0n) is 15.4. The van der Waals surface area contributed by atoms with E-state index in [9.17, 15) is 8.42 Å². The second-order valence-corrected chi connectivity index (χ2v) is 9.09.